The van der Waals surface area contributed by atoms with Gasteiger partial charge < -0.3 is 15.2 Å². The first kappa shape index (κ1) is 17.0. The molecule has 22 heavy (non-hydrogen) atoms. The minimum atomic E-state index is -0.187. The highest BCUT2D eigenvalue weighted by molar-refractivity contribution is 5.95. The van der Waals surface area contributed by atoms with Crippen LogP contribution in [0, 0.1) is 5.41 Å². The van der Waals surface area contributed by atoms with Gasteiger partial charge in [-0.2, -0.15) is 5.10 Å². The molecular formula is C16H27N3O3. The average Bonchev–Trinajstić information content (AvgIpc) is 3.03. The van der Waals surface area contributed by atoms with Gasteiger partial charge in [0.25, 0.3) is 5.91 Å². The van der Waals surface area contributed by atoms with Crippen LogP contribution in [0.1, 0.15) is 49.7 Å². The van der Waals surface area contributed by atoms with Crippen molar-refractivity contribution in [2.45, 2.75) is 39.0 Å². The van der Waals surface area contributed by atoms with Crippen molar-refractivity contribution in [1.82, 2.24) is 15.1 Å². The summed E-state index contributed by atoms with van der Waals surface area (Å²) in [6.07, 6.45) is 3.28. The van der Waals surface area contributed by atoms with E-state index >= 15 is 0 Å². The number of nitrogens with zero attached hydrogens (tertiary/aromatic N) is 2. The van der Waals surface area contributed by atoms with Crippen molar-refractivity contribution in [2.75, 3.05) is 26.4 Å². The van der Waals surface area contributed by atoms with Crippen LogP contribution in [0.5, 0.6) is 0 Å². The van der Waals surface area contributed by atoms with Crippen LogP contribution in [0.2, 0.25) is 0 Å². The Kier molecular flexibility index (Phi) is 4.92. The topological polar surface area (TPSA) is 76.4 Å². The first-order valence-electron chi connectivity index (χ1n) is 7.78. The van der Waals surface area contributed by atoms with Crippen molar-refractivity contribution in [2.24, 2.45) is 12.5 Å². The molecule has 0 bridgehead atoms. The van der Waals surface area contributed by atoms with E-state index < -0.39 is 0 Å². The molecule has 124 valence electrons. The molecule has 0 spiro atoms. The second kappa shape index (κ2) is 6.38. The van der Waals surface area contributed by atoms with E-state index in [9.17, 15) is 9.90 Å². The van der Waals surface area contributed by atoms with Gasteiger partial charge in [-0.25, -0.2) is 0 Å². The number of carbonyl (C=O) groups excluding carboxylic acids is 1. The maximum atomic E-state index is 12.6. The molecule has 1 aliphatic heterocycles. The van der Waals surface area contributed by atoms with Crippen molar-refractivity contribution in [3.05, 3.63) is 17.5 Å². The summed E-state index contributed by atoms with van der Waals surface area (Å²) in [5, 5.41) is 16.7. The summed E-state index contributed by atoms with van der Waals surface area (Å²) in [6.45, 7) is 8.05. The first-order chi connectivity index (χ1) is 10.3. The van der Waals surface area contributed by atoms with Gasteiger partial charge in [-0.1, -0.05) is 20.8 Å². The summed E-state index contributed by atoms with van der Waals surface area (Å²) < 4.78 is 7.13. The van der Waals surface area contributed by atoms with Crippen LogP contribution < -0.4 is 5.32 Å². The maximum absolute atomic E-state index is 12.6. The number of aryl methyl sites for hydroxylation is 1. The molecule has 6 nitrogen and oxygen atoms in total. The summed E-state index contributed by atoms with van der Waals surface area (Å²) in [7, 11) is 1.82. The molecule has 1 aromatic heterocycles. The fraction of sp³-hybridized carbons (Fsp3) is 0.750. The fourth-order valence-corrected chi connectivity index (χ4v) is 2.88. The SMILES string of the molecule is Cn1cc(C(=O)NCC2(CCO)CCOC2)c(C(C)(C)C)n1. The normalized spacial score (nSPS) is 22.0. The Morgan fingerprint density at radius 2 is 2.27 bits per heavy atom. The van der Waals surface area contributed by atoms with Gasteiger partial charge in [-0.15, -0.1) is 0 Å². The lowest BCUT2D eigenvalue weighted by Crippen LogP contribution is -2.39. The molecule has 1 unspecified atom stereocenters. The highest BCUT2D eigenvalue weighted by Gasteiger charge is 2.35. The number of rotatable bonds is 5. The molecule has 2 rings (SSSR count). The molecule has 6 heteroatoms. The lowest BCUT2D eigenvalue weighted by molar-refractivity contribution is 0.0887. The minimum Gasteiger partial charge on any atom is -0.396 e. The van der Waals surface area contributed by atoms with E-state index in [1.54, 1.807) is 10.9 Å². The highest BCUT2D eigenvalue weighted by Crippen LogP contribution is 2.31. The van der Waals surface area contributed by atoms with Crippen LogP contribution in [-0.2, 0) is 17.2 Å². The third-order valence-corrected chi connectivity index (χ3v) is 4.23. The number of aliphatic hydroxyl groups excluding tert-OH is 1. The van der Waals surface area contributed by atoms with Gasteiger partial charge >= 0.3 is 0 Å². The van der Waals surface area contributed by atoms with Crippen LogP contribution in [-0.4, -0.2) is 47.2 Å². The Balaban J connectivity index is 2.10. The van der Waals surface area contributed by atoms with Crippen molar-refractivity contribution < 1.29 is 14.6 Å². The van der Waals surface area contributed by atoms with E-state index in [1.165, 1.54) is 0 Å². The standard InChI is InChI=1S/C16H27N3O3/c1-15(2,3)13-12(9-19(4)18-13)14(21)17-10-16(5-7-20)6-8-22-11-16/h9,20H,5-8,10-11H2,1-4H3,(H,17,21). The zero-order valence-corrected chi connectivity index (χ0v) is 14.0. The summed E-state index contributed by atoms with van der Waals surface area (Å²) in [5.74, 6) is -0.109. The van der Waals surface area contributed by atoms with Gasteiger partial charge in [0, 0.05) is 43.8 Å². The number of nitrogens with one attached hydrogen (secondary N) is 1. The van der Waals surface area contributed by atoms with Gasteiger partial charge in [-0.05, 0) is 12.8 Å². The molecular weight excluding hydrogens is 282 g/mol. The van der Waals surface area contributed by atoms with E-state index in [4.69, 9.17) is 4.74 Å². The molecule has 1 aromatic rings. The predicted octanol–water partition coefficient (Wildman–Crippen LogP) is 1.24. The van der Waals surface area contributed by atoms with Crippen molar-refractivity contribution in [3.63, 3.8) is 0 Å². The van der Waals surface area contributed by atoms with Crippen LogP contribution in [0.25, 0.3) is 0 Å². The highest BCUT2D eigenvalue weighted by atomic mass is 16.5. The Morgan fingerprint density at radius 1 is 1.55 bits per heavy atom. The van der Waals surface area contributed by atoms with Crippen molar-refractivity contribution in [3.8, 4) is 0 Å². The van der Waals surface area contributed by atoms with Gasteiger partial charge in [0.1, 0.15) is 0 Å². The number of hydrogen-bond donors (Lipinski definition) is 2. The van der Waals surface area contributed by atoms with Crippen molar-refractivity contribution in [1.29, 1.82) is 0 Å². The summed E-state index contributed by atoms with van der Waals surface area (Å²) in [6, 6.07) is 0. The zero-order chi connectivity index (χ0) is 16.4. The fourth-order valence-electron chi connectivity index (χ4n) is 2.88. The summed E-state index contributed by atoms with van der Waals surface area (Å²) >= 11 is 0. The third kappa shape index (κ3) is 3.67. The first-order valence-corrected chi connectivity index (χ1v) is 7.78. The molecule has 0 aliphatic carbocycles. The van der Waals surface area contributed by atoms with E-state index in [-0.39, 0.29) is 23.3 Å². The molecule has 2 N–H and O–H groups in total. The molecule has 0 radical (unpaired) electrons. The second-order valence-electron chi connectivity index (χ2n) is 7.27. The largest absolute Gasteiger partial charge is 0.396 e. The van der Waals surface area contributed by atoms with Crippen LogP contribution in [0.15, 0.2) is 6.20 Å². The number of hydrogen-bond acceptors (Lipinski definition) is 4. The quantitative estimate of drug-likeness (QED) is 0.858. The van der Waals surface area contributed by atoms with Gasteiger partial charge in [-0.3, -0.25) is 9.48 Å². The number of amides is 1. The lowest BCUT2D eigenvalue weighted by Gasteiger charge is -2.27. The average molecular weight is 309 g/mol. The van der Waals surface area contributed by atoms with Crippen LogP contribution in [0.4, 0.5) is 0 Å². The van der Waals surface area contributed by atoms with Gasteiger partial charge in [0.15, 0.2) is 0 Å². The number of carbonyl (C=O) groups is 1. The Bertz CT molecular complexity index is 525. The van der Waals surface area contributed by atoms with Crippen LogP contribution in [0.3, 0.4) is 0 Å². The number of aliphatic hydroxyl groups is 1. The Labute approximate surface area is 131 Å². The van der Waals surface area contributed by atoms with E-state index in [1.807, 2.05) is 27.8 Å². The number of aromatic nitrogens is 2. The number of ether oxygens (including phenoxy) is 1. The second-order valence-corrected chi connectivity index (χ2v) is 7.27. The monoisotopic (exact) mass is 309 g/mol. The molecule has 1 atom stereocenters. The third-order valence-electron chi connectivity index (χ3n) is 4.23. The lowest BCUT2D eigenvalue weighted by atomic mass is 9.83. The van der Waals surface area contributed by atoms with Crippen molar-refractivity contribution >= 4 is 5.91 Å². The molecule has 1 amide bonds. The smallest absolute Gasteiger partial charge is 0.254 e. The van der Waals surface area contributed by atoms with Gasteiger partial charge in [0.05, 0.1) is 17.9 Å². The maximum Gasteiger partial charge on any atom is 0.254 e. The zero-order valence-electron chi connectivity index (χ0n) is 14.0. The van der Waals surface area contributed by atoms with E-state index in [0.29, 0.717) is 31.7 Å². The van der Waals surface area contributed by atoms with E-state index in [0.717, 1.165) is 12.1 Å². The molecule has 1 fully saturated rings. The Morgan fingerprint density at radius 3 is 2.82 bits per heavy atom. The van der Waals surface area contributed by atoms with Gasteiger partial charge in [0.2, 0.25) is 0 Å². The van der Waals surface area contributed by atoms with Crippen LogP contribution >= 0.6 is 0 Å². The van der Waals surface area contributed by atoms with E-state index in [2.05, 4.69) is 10.4 Å². The molecule has 0 saturated carbocycles. The minimum absolute atomic E-state index is 0.109. The summed E-state index contributed by atoms with van der Waals surface area (Å²) in [4.78, 5) is 12.6. The summed E-state index contributed by atoms with van der Waals surface area (Å²) in [5.41, 5.74) is 1.08. The molecule has 1 saturated heterocycles. The molecule has 1 aliphatic rings. The Hall–Kier alpha value is -1.40. The molecule has 0 aromatic carbocycles. The molecule has 2 heterocycles. The predicted molar refractivity (Wildman–Crippen MR) is 83.8 cm³/mol.